The summed E-state index contributed by atoms with van der Waals surface area (Å²) in [5.41, 5.74) is 0. The molecule has 430 valence electrons. The van der Waals surface area contributed by atoms with E-state index in [-0.39, 0.29) is 18.9 Å². The van der Waals surface area contributed by atoms with Crippen LogP contribution in [0.1, 0.15) is 251 Å². The molecule has 0 aromatic heterocycles. The van der Waals surface area contributed by atoms with Crippen LogP contribution in [0.2, 0.25) is 0 Å². The van der Waals surface area contributed by atoms with Gasteiger partial charge in [0.05, 0.1) is 32.0 Å². The fourth-order valence-electron chi connectivity index (χ4n) is 10.0. The molecule has 2 aliphatic rings. The Hall–Kier alpha value is -1.53. The minimum absolute atomic E-state index is 0.245. The van der Waals surface area contributed by atoms with E-state index in [4.69, 9.17) is 18.9 Å². The fraction of sp³-hybridized carbons (Fsp3) is 0.915. The maximum absolute atomic E-state index is 13.2. The van der Waals surface area contributed by atoms with Gasteiger partial charge in [0, 0.05) is 6.42 Å². The van der Waals surface area contributed by atoms with Gasteiger partial charge < -0.3 is 65.1 Å². The Bertz CT molecular complexity index is 1320. The first-order valence-corrected chi connectivity index (χ1v) is 30.1. The fourth-order valence-corrected chi connectivity index (χ4v) is 10.0. The number of hydrogen-bond acceptors (Lipinski definition) is 13. The summed E-state index contributed by atoms with van der Waals surface area (Å²) in [6.45, 7) is 2.81. The topological polar surface area (TPSA) is 228 Å². The highest BCUT2D eigenvalue weighted by atomic mass is 16.7. The lowest BCUT2D eigenvalue weighted by Crippen LogP contribution is -2.65. The van der Waals surface area contributed by atoms with E-state index in [1.54, 1.807) is 6.08 Å². The molecule has 2 saturated heterocycles. The summed E-state index contributed by atoms with van der Waals surface area (Å²) in [5, 5.41) is 87.1. The van der Waals surface area contributed by atoms with Crippen molar-refractivity contribution < 1.29 is 64.6 Å². The summed E-state index contributed by atoms with van der Waals surface area (Å²) in [5.74, 6) is -0.245. The average molecular weight is 1040 g/mol. The van der Waals surface area contributed by atoms with Crippen LogP contribution in [0.3, 0.4) is 0 Å². The van der Waals surface area contributed by atoms with Gasteiger partial charge in [0.25, 0.3) is 0 Å². The van der Waals surface area contributed by atoms with Crippen molar-refractivity contribution in [3.63, 3.8) is 0 Å². The van der Waals surface area contributed by atoms with E-state index in [2.05, 4.69) is 31.3 Å². The number of aliphatic hydroxyl groups is 8. The quantitative estimate of drug-likeness (QED) is 0.0204. The van der Waals surface area contributed by atoms with Gasteiger partial charge in [0.2, 0.25) is 5.91 Å². The molecule has 14 heteroatoms. The van der Waals surface area contributed by atoms with Crippen molar-refractivity contribution in [2.45, 2.75) is 325 Å². The van der Waals surface area contributed by atoms with Crippen LogP contribution >= 0.6 is 0 Å². The Morgan fingerprint density at radius 3 is 1.34 bits per heavy atom. The zero-order chi connectivity index (χ0) is 53.2. The molecular weight excluding hydrogens is 931 g/mol. The highest BCUT2D eigenvalue weighted by Crippen LogP contribution is 2.30. The molecule has 12 unspecified atom stereocenters. The van der Waals surface area contributed by atoms with Crippen LogP contribution in [0, 0.1) is 0 Å². The number of hydrogen-bond donors (Lipinski definition) is 9. The minimum atomic E-state index is -1.79. The Morgan fingerprint density at radius 1 is 0.479 bits per heavy atom. The summed E-state index contributed by atoms with van der Waals surface area (Å²) >= 11 is 0. The molecule has 2 aliphatic heterocycles. The normalized spacial score (nSPS) is 25.5. The molecule has 0 aliphatic carbocycles. The van der Waals surface area contributed by atoms with E-state index in [0.29, 0.717) is 12.8 Å². The number of ether oxygens (including phenoxy) is 4. The Balaban J connectivity index is 1.78. The monoisotopic (exact) mass is 1040 g/mol. The molecule has 0 saturated carbocycles. The van der Waals surface area contributed by atoms with Gasteiger partial charge in [-0.1, -0.05) is 237 Å². The maximum atomic E-state index is 13.2. The summed E-state index contributed by atoms with van der Waals surface area (Å²) in [4.78, 5) is 13.2. The molecule has 14 nitrogen and oxygen atoms in total. The van der Waals surface area contributed by atoms with Crippen molar-refractivity contribution in [3.8, 4) is 0 Å². The molecule has 9 N–H and O–H groups in total. The van der Waals surface area contributed by atoms with Crippen LogP contribution in [0.25, 0.3) is 0 Å². The van der Waals surface area contributed by atoms with Crippen LogP contribution < -0.4 is 5.32 Å². The molecule has 0 radical (unpaired) electrons. The number of carbonyl (C=O) groups is 1. The van der Waals surface area contributed by atoms with E-state index in [9.17, 15) is 45.6 Å². The molecule has 12 atom stereocenters. The number of unbranched alkanes of at least 4 members (excludes halogenated alkanes) is 33. The predicted octanol–water partition coefficient (Wildman–Crippen LogP) is 10.1. The first-order chi connectivity index (χ1) is 35.6. The number of nitrogens with one attached hydrogen (secondary N) is 1. The summed E-state index contributed by atoms with van der Waals surface area (Å²) < 4.78 is 22.8. The largest absolute Gasteiger partial charge is 0.394 e. The molecule has 0 aromatic carbocycles. The molecular formula is C59H111NO13. The van der Waals surface area contributed by atoms with Crippen LogP contribution in [-0.4, -0.2) is 140 Å². The molecule has 0 aromatic rings. The first kappa shape index (κ1) is 67.6. The zero-order valence-electron chi connectivity index (χ0n) is 46.1. The van der Waals surface area contributed by atoms with Gasteiger partial charge >= 0.3 is 0 Å². The molecule has 0 bridgehead atoms. The number of carbonyl (C=O) groups excluding carboxylic acids is 1. The Morgan fingerprint density at radius 2 is 0.877 bits per heavy atom. The van der Waals surface area contributed by atoms with Gasteiger partial charge in [-0.05, 0) is 32.1 Å². The second-order valence-electron chi connectivity index (χ2n) is 21.5. The van der Waals surface area contributed by atoms with Gasteiger partial charge in [-0.2, -0.15) is 0 Å². The molecule has 1 amide bonds. The lowest BCUT2D eigenvalue weighted by atomic mass is 9.97. The molecule has 2 heterocycles. The number of amides is 1. The average Bonchev–Trinajstić information content (AvgIpc) is 3.39. The second-order valence-corrected chi connectivity index (χ2v) is 21.5. The van der Waals surface area contributed by atoms with Crippen molar-refractivity contribution in [1.29, 1.82) is 0 Å². The summed E-state index contributed by atoms with van der Waals surface area (Å²) in [6.07, 6.45) is 36.5. The van der Waals surface area contributed by atoms with Gasteiger partial charge in [-0.25, -0.2) is 0 Å². The smallest absolute Gasteiger partial charge is 0.220 e. The lowest BCUT2D eigenvalue weighted by molar-refractivity contribution is -0.359. The predicted molar refractivity (Wildman–Crippen MR) is 291 cm³/mol. The van der Waals surface area contributed by atoms with Gasteiger partial charge in [-0.15, -0.1) is 0 Å². The highest BCUT2D eigenvalue weighted by Gasteiger charge is 2.51. The number of aliphatic hydroxyl groups excluding tert-OH is 8. The first-order valence-electron chi connectivity index (χ1n) is 30.1. The van der Waals surface area contributed by atoms with Crippen molar-refractivity contribution in [3.05, 3.63) is 24.3 Å². The van der Waals surface area contributed by atoms with Crippen LogP contribution in [-0.2, 0) is 23.7 Å². The van der Waals surface area contributed by atoms with E-state index < -0.39 is 86.8 Å². The third-order valence-corrected chi connectivity index (χ3v) is 14.9. The Kier molecular flexibility index (Phi) is 42.1. The standard InChI is InChI=1S/C59H111NO13/c1-3-5-7-9-11-13-15-17-19-21-23-24-25-26-28-30-32-34-36-38-40-42-48(63)47(60-51(64)43-41-39-37-35-33-31-29-27-22-20-18-16-14-12-10-8-6-4-2)46-70-58-56(69)54(67)57(50(45-62)72-58)73-59-55(68)53(66)52(65)49(44-61)71-59/h32,34,40,42,47-50,52-59,61-63,65-69H,3-31,33,35-39,41,43-46H2,1-2H3,(H,60,64)/b34-32+,42-40+. The minimum Gasteiger partial charge on any atom is -0.394 e. The summed E-state index contributed by atoms with van der Waals surface area (Å²) in [6, 6.07) is -0.927. The third kappa shape index (κ3) is 31.5. The molecule has 2 fully saturated rings. The van der Waals surface area contributed by atoms with Gasteiger partial charge in [0.15, 0.2) is 12.6 Å². The van der Waals surface area contributed by atoms with Gasteiger partial charge in [-0.3, -0.25) is 4.79 Å². The van der Waals surface area contributed by atoms with Crippen molar-refractivity contribution in [2.75, 3.05) is 19.8 Å². The van der Waals surface area contributed by atoms with E-state index in [1.165, 1.54) is 186 Å². The summed E-state index contributed by atoms with van der Waals surface area (Å²) in [7, 11) is 0. The van der Waals surface area contributed by atoms with Gasteiger partial charge in [0.1, 0.15) is 48.8 Å². The third-order valence-electron chi connectivity index (χ3n) is 14.9. The molecule has 2 rings (SSSR count). The van der Waals surface area contributed by atoms with Crippen LogP contribution in [0.15, 0.2) is 24.3 Å². The van der Waals surface area contributed by atoms with Crippen LogP contribution in [0.5, 0.6) is 0 Å². The maximum Gasteiger partial charge on any atom is 0.220 e. The zero-order valence-corrected chi connectivity index (χ0v) is 46.1. The molecule has 73 heavy (non-hydrogen) atoms. The van der Waals surface area contributed by atoms with Crippen molar-refractivity contribution in [2.24, 2.45) is 0 Å². The van der Waals surface area contributed by atoms with E-state index in [0.717, 1.165) is 32.1 Å². The SMILES string of the molecule is CCCCCCCCCCCCCCCCC/C=C/CC/C=C/C(O)C(COC1OC(CO)C(OC2OC(CO)C(O)C(O)C2O)C(O)C1O)NC(=O)CCCCCCCCCCCCCCCCCCCC. The van der Waals surface area contributed by atoms with Crippen molar-refractivity contribution >= 4 is 5.91 Å². The van der Waals surface area contributed by atoms with E-state index in [1.807, 2.05) is 6.08 Å². The lowest BCUT2D eigenvalue weighted by Gasteiger charge is -2.46. The number of rotatable bonds is 48. The highest BCUT2D eigenvalue weighted by molar-refractivity contribution is 5.76. The second kappa shape index (κ2) is 45.5. The molecule has 0 spiro atoms. The number of allylic oxidation sites excluding steroid dienone is 3. The Labute approximate surface area is 443 Å². The van der Waals surface area contributed by atoms with Crippen LogP contribution in [0.4, 0.5) is 0 Å². The van der Waals surface area contributed by atoms with E-state index >= 15 is 0 Å². The van der Waals surface area contributed by atoms with Crippen molar-refractivity contribution in [1.82, 2.24) is 5.32 Å².